The van der Waals surface area contributed by atoms with Crippen molar-refractivity contribution in [1.82, 2.24) is 9.97 Å². The van der Waals surface area contributed by atoms with Crippen LogP contribution in [0.15, 0.2) is 79.1 Å². The average Bonchev–Trinajstić information content (AvgIpc) is 2.74. The number of aromatic nitrogens is 2. The van der Waals surface area contributed by atoms with Crippen molar-refractivity contribution in [2.45, 2.75) is 39.2 Å². The second-order valence-corrected chi connectivity index (χ2v) is 12.7. The summed E-state index contributed by atoms with van der Waals surface area (Å²) in [5.74, 6) is 0.114. The highest BCUT2D eigenvalue weighted by atomic mass is 28.4. The highest BCUT2D eigenvalue weighted by Gasteiger charge is 2.49. The molecule has 0 fully saturated rings. The summed E-state index contributed by atoms with van der Waals surface area (Å²) in [6.07, 6.45) is 5.18. The maximum atomic E-state index is 13.1. The molecule has 0 radical (unpaired) electrons. The van der Waals surface area contributed by atoms with Gasteiger partial charge in [0, 0.05) is 6.61 Å². The number of nitrogens with zero attached hydrogens (tertiary/aromatic N) is 2. The molecule has 5 heteroatoms. The first kappa shape index (κ1) is 22.1. The zero-order chi connectivity index (χ0) is 21.6. The lowest BCUT2D eigenvalue weighted by atomic mass is 10.2. The van der Waals surface area contributed by atoms with Crippen LogP contribution in [0.2, 0.25) is 5.04 Å². The summed E-state index contributed by atoms with van der Waals surface area (Å²) in [5.41, 5.74) is 0.918. The third-order valence-corrected chi connectivity index (χ3v) is 10.3. The average molecular weight is 421 g/mol. The van der Waals surface area contributed by atoms with Crippen molar-refractivity contribution in [3.05, 3.63) is 90.8 Å². The normalized spacial score (nSPS) is 12.8. The number of rotatable bonds is 7. The second kappa shape index (κ2) is 9.45. The smallest absolute Gasteiger partial charge is 0.261 e. The van der Waals surface area contributed by atoms with E-state index in [2.05, 4.69) is 85.3 Å². The van der Waals surface area contributed by atoms with Gasteiger partial charge in [-0.1, -0.05) is 87.5 Å². The van der Waals surface area contributed by atoms with Gasteiger partial charge in [0.15, 0.2) is 11.6 Å². The molecule has 0 saturated heterocycles. The number of hydrogen-bond acceptors (Lipinski definition) is 3. The summed E-state index contributed by atoms with van der Waals surface area (Å²) in [6.45, 7) is 9.34. The molecular weight excluding hydrogens is 391 g/mol. The van der Waals surface area contributed by atoms with Crippen LogP contribution < -0.4 is 10.4 Å². The Morgan fingerprint density at radius 1 is 0.933 bits per heavy atom. The van der Waals surface area contributed by atoms with Gasteiger partial charge in [-0.25, -0.2) is 14.4 Å². The van der Waals surface area contributed by atoms with Crippen LogP contribution in [0.3, 0.4) is 0 Å². The Morgan fingerprint density at radius 3 is 1.90 bits per heavy atom. The molecule has 1 aromatic heterocycles. The molecule has 0 spiro atoms. The lowest BCUT2D eigenvalue weighted by molar-refractivity contribution is 0.304. The van der Waals surface area contributed by atoms with Crippen LogP contribution >= 0.6 is 0 Å². The number of hydrogen-bond donors (Lipinski definition) is 0. The molecule has 156 valence electrons. The zero-order valence-corrected chi connectivity index (χ0v) is 19.1. The Labute approximate surface area is 179 Å². The Bertz CT molecular complexity index is 928. The summed E-state index contributed by atoms with van der Waals surface area (Å²) >= 11 is 0. The molecule has 0 N–H and O–H groups in total. The van der Waals surface area contributed by atoms with Gasteiger partial charge < -0.3 is 4.43 Å². The fourth-order valence-electron chi connectivity index (χ4n) is 3.86. The maximum Gasteiger partial charge on any atom is 0.261 e. The molecule has 0 aliphatic rings. The Kier molecular flexibility index (Phi) is 6.95. The first-order valence-corrected chi connectivity index (χ1v) is 12.1. The van der Waals surface area contributed by atoms with Crippen LogP contribution in [0.4, 0.5) is 4.39 Å². The van der Waals surface area contributed by atoms with Gasteiger partial charge in [-0.3, -0.25) is 0 Å². The molecule has 3 aromatic rings. The van der Waals surface area contributed by atoms with E-state index in [1.807, 2.05) is 19.1 Å². The van der Waals surface area contributed by atoms with E-state index in [9.17, 15) is 4.39 Å². The SMILES string of the molecule is C/C(=C\CCO[Si](c1ccccc1)(c1ccccc1)C(C)(C)C)c1ncc(F)cn1. The van der Waals surface area contributed by atoms with Crippen molar-refractivity contribution < 1.29 is 8.82 Å². The highest BCUT2D eigenvalue weighted by Crippen LogP contribution is 2.36. The van der Waals surface area contributed by atoms with Gasteiger partial charge in [0.25, 0.3) is 8.32 Å². The van der Waals surface area contributed by atoms with Crippen LogP contribution in [0.25, 0.3) is 5.57 Å². The fraction of sp³-hybridized carbons (Fsp3) is 0.280. The van der Waals surface area contributed by atoms with Crippen LogP contribution in [-0.2, 0) is 4.43 Å². The highest BCUT2D eigenvalue weighted by molar-refractivity contribution is 6.99. The molecule has 0 aliphatic carbocycles. The molecular formula is C25H29FN2OSi. The van der Waals surface area contributed by atoms with Gasteiger partial charge in [-0.15, -0.1) is 0 Å². The summed E-state index contributed by atoms with van der Waals surface area (Å²) in [4.78, 5) is 8.11. The molecule has 0 unspecified atom stereocenters. The molecule has 1 heterocycles. The van der Waals surface area contributed by atoms with E-state index in [0.29, 0.717) is 12.4 Å². The molecule has 0 saturated carbocycles. The summed E-state index contributed by atoms with van der Waals surface area (Å²) < 4.78 is 19.9. The molecule has 3 rings (SSSR count). The quantitative estimate of drug-likeness (QED) is 0.399. The van der Waals surface area contributed by atoms with Crippen LogP contribution in [0, 0.1) is 5.82 Å². The van der Waals surface area contributed by atoms with Crippen LogP contribution in [0.1, 0.15) is 39.9 Å². The minimum Gasteiger partial charge on any atom is -0.407 e. The molecule has 2 aromatic carbocycles. The van der Waals surface area contributed by atoms with Gasteiger partial charge in [-0.2, -0.15) is 0 Å². The van der Waals surface area contributed by atoms with Gasteiger partial charge in [0.05, 0.1) is 12.4 Å². The van der Waals surface area contributed by atoms with E-state index in [4.69, 9.17) is 4.43 Å². The van der Waals surface area contributed by atoms with E-state index < -0.39 is 14.1 Å². The molecule has 0 aliphatic heterocycles. The minimum atomic E-state index is -2.52. The monoisotopic (exact) mass is 420 g/mol. The number of halogens is 1. The first-order valence-electron chi connectivity index (χ1n) is 10.2. The lowest BCUT2D eigenvalue weighted by Crippen LogP contribution is -2.66. The minimum absolute atomic E-state index is 0.0471. The predicted molar refractivity (Wildman–Crippen MR) is 124 cm³/mol. The van der Waals surface area contributed by atoms with Crippen LogP contribution in [-0.4, -0.2) is 24.9 Å². The fourth-order valence-corrected chi connectivity index (χ4v) is 8.44. The largest absolute Gasteiger partial charge is 0.407 e. The van der Waals surface area contributed by atoms with Crippen molar-refractivity contribution in [3.63, 3.8) is 0 Å². The third kappa shape index (κ3) is 4.74. The Morgan fingerprint density at radius 2 is 1.43 bits per heavy atom. The second-order valence-electron chi connectivity index (χ2n) is 8.41. The summed E-state index contributed by atoms with van der Waals surface area (Å²) in [7, 11) is -2.52. The van der Waals surface area contributed by atoms with E-state index in [0.717, 1.165) is 12.0 Å². The maximum absolute atomic E-state index is 13.1. The predicted octanol–water partition coefficient (Wildman–Crippen LogP) is 4.99. The Balaban J connectivity index is 1.88. The van der Waals surface area contributed by atoms with Crippen molar-refractivity contribution in [2.24, 2.45) is 0 Å². The van der Waals surface area contributed by atoms with E-state index in [1.54, 1.807) is 0 Å². The van der Waals surface area contributed by atoms with Gasteiger partial charge >= 0.3 is 0 Å². The standard InChI is InChI=1S/C25H29FN2OSi/c1-20(24-27-18-21(26)19-28-24)12-11-17-29-30(25(2,3)4,22-13-7-5-8-14-22)23-15-9-6-10-16-23/h5-10,12-16,18-19H,11,17H2,1-4H3/b20-12+. The van der Waals surface area contributed by atoms with Gasteiger partial charge in [0.1, 0.15) is 0 Å². The van der Waals surface area contributed by atoms with Crippen LogP contribution in [0.5, 0.6) is 0 Å². The topological polar surface area (TPSA) is 35.0 Å². The molecule has 0 bridgehead atoms. The summed E-state index contributed by atoms with van der Waals surface area (Å²) in [6, 6.07) is 21.2. The van der Waals surface area contributed by atoms with Gasteiger partial charge in [0.2, 0.25) is 0 Å². The first-order chi connectivity index (χ1) is 14.3. The third-order valence-electron chi connectivity index (χ3n) is 5.28. The molecule has 0 atom stereocenters. The molecule has 0 amide bonds. The number of benzene rings is 2. The van der Waals surface area contributed by atoms with Gasteiger partial charge in [-0.05, 0) is 34.3 Å². The lowest BCUT2D eigenvalue weighted by Gasteiger charge is -2.43. The molecule has 3 nitrogen and oxygen atoms in total. The molecule has 30 heavy (non-hydrogen) atoms. The van der Waals surface area contributed by atoms with E-state index in [1.165, 1.54) is 22.8 Å². The number of allylic oxidation sites excluding steroid dienone is 1. The van der Waals surface area contributed by atoms with Crippen molar-refractivity contribution >= 4 is 24.3 Å². The Hall–Kier alpha value is -2.63. The van der Waals surface area contributed by atoms with E-state index >= 15 is 0 Å². The zero-order valence-electron chi connectivity index (χ0n) is 18.1. The summed E-state index contributed by atoms with van der Waals surface area (Å²) in [5, 5.41) is 2.49. The van der Waals surface area contributed by atoms with Crippen molar-refractivity contribution in [1.29, 1.82) is 0 Å². The van der Waals surface area contributed by atoms with Crippen molar-refractivity contribution in [3.8, 4) is 0 Å². The van der Waals surface area contributed by atoms with E-state index in [-0.39, 0.29) is 5.04 Å². The van der Waals surface area contributed by atoms with Crippen molar-refractivity contribution in [2.75, 3.05) is 6.61 Å².